The number of rotatable bonds is 8. The summed E-state index contributed by atoms with van der Waals surface area (Å²) < 4.78 is 38.5. The van der Waals surface area contributed by atoms with Gasteiger partial charge in [-0.25, -0.2) is 15.0 Å². The first-order chi connectivity index (χ1) is 14.2. The third kappa shape index (κ3) is 5.67. The first-order valence-corrected chi connectivity index (χ1v) is 9.49. The maximum atomic E-state index is 12.8. The van der Waals surface area contributed by atoms with E-state index in [2.05, 4.69) is 25.6 Å². The number of hydrogen-bond acceptors (Lipinski definition) is 8. The molecule has 156 valence electrons. The number of halogens is 3. The number of anilines is 2. The van der Waals surface area contributed by atoms with Gasteiger partial charge in [0.2, 0.25) is 11.7 Å². The lowest BCUT2D eigenvalue weighted by molar-refractivity contribution is -0.141. The van der Waals surface area contributed by atoms with E-state index in [1.165, 1.54) is 11.3 Å². The van der Waals surface area contributed by atoms with E-state index in [0.717, 1.165) is 33.3 Å². The molecule has 2 aromatic heterocycles. The summed E-state index contributed by atoms with van der Waals surface area (Å²) in [5.41, 5.74) is 1.21. The van der Waals surface area contributed by atoms with Crippen LogP contribution in [0.25, 0.3) is 10.4 Å². The minimum absolute atomic E-state index is 0.0616. The predicted octanol–water partition coefficient (Wildman–Crippen LogP) is 3.53. The zero-order valence-electron chi connectivity index (χ0n) is 15.7. The standard InChI is InChI=1S/C19H16F3N5O2S/c1-11-4-12(15-8-25-17(30-15)9-23-7-14(29)10-28)6-13(5-11)26-18-24-3-2-16(27-18)19(20,21)22/h2-6,8,10,23H,7,9H2,1H3,(H,24,26,27). The third-order valence-electron chi connectivity index (χ3n) is 3.82. The Kier molecular flexibility index (Phi) is 6.53. The Morgan fingerprint density at radius 2 is 2.03 bits per heavy atom. The van der Waals surface area contributed by atoms with Crippen LogP contribution in [0.4, 0.5) is 24.8 Å². The Bertz CT molecular complexity index is 1070. The summed E-state index contributed by atoms with van der Waals surface area (Å²) in [7, 11) is 0. The van der Waals surface area contributed by atoms with Crippen molar-refractivity contribution in [3.05, 3.63) is 52.9 Å². The van der Waals surface area contributed by atoms with Gasteiger partial charge in [0.1, 0.15) is 10.7 Å². The molecule has 11 heteroatoms. The zero-order chi connectivity index (χ0) is 21.7. The van der Waals surface area contributed by atoms with E-state index < -0.39 is 17.7 Å². The number of carbonyl (C=O) groups is 2. The van der Waals surface area contributed by atoms with Gasteiger partial charge in [-0.2, -0.15) is 13.2 Å². The zero-order valence-corrected chi connectivity index (χ0v) is 16.5. The topological polar surface area (TPSA) is 96.9 Å². The van der Waals surface area contributed by atoms with Gasteiger partial charge in [-0.05, 0) is 36.2 Å². The summed E-state index contributed by atoms with van der Waals surface area (Å²) in [4.78, 5) is 33.8. The number of aryl methyl sites for hydroxylation is 1. The fraction of sp³-hybridized carbons (Fsp3) is 0.211. The summed E-state index contributed by atoms with van der Waals surface area (Å²) in [6, 6.07) is 6.25. The van der Waals surface area contributed by atoms with E-state index in [1.54, 1.807) is 18.3 Å². The summed E-state index contributed by atoms with van der Waals surface area (Å²) in [5.74, 6) is -0.701. The molecule has 0 aliphatic rings. The molecule has 30 heavy (non-hydrogen) atoms. The molecule has 0 unspecified atom stereocenters. The van der Waals surface area contributed by atoms with Crippen molar-refractivity contribution in [2.45, 2.75) is 19.6 Å². The van der Waals surface area contributed by atoms with E-state index in [-0.39, 0.29) is 18.8 Å². The van der Waals surface area contributed by atoms with E-state index in [4.69, 9.17) is 0 Å². The van der Waals surface area contributed by atoms with E-state index in [1.807, 2.05) is 13.0 Å². The number of aldehydes is 1. The molecule has 3 rings (SSSR count). The molecular weight excluding hydrogens is 419 g/mol. The smallest absolute Gasteiger partial charge is 0.324 e. The molecule has 0 saturated heterocycles. The van der Waals surface area contributed by atoms with Crippen molar-refractivity contribution in [1.82, 2.24) is 20.3 Å². The van der Waals surface area contributed by atoms with Gasteiger partial charge < -0.3 is 10.6 Å². The van der Waals surface area contributed by atoms with Crippen LogP contribution < -0.4 is 10.6 Å². The highest BCUT2D eigenvalue weighted by Gasteiger charge is 2.32. The fourth-order valence-corrected chi connectivity index (χ4v) is 3.44. The maximum absolute atomic E-state index is 12.8. The number of ketones is 1. The van der Waals surface area contributed by atoms with Crippen molar-refractivity contribution in [1.29, 1.82) is 0 Å². The lowest BCUT2D eigenvalue weighted by atomic mass is 10.1. The molecule has 2 heterocycles. The first kappa shape index (κ1) is 21.5. The Morgan fingerprint density at radius 1 is 1.23 bits per heavy atom. The van der Waals surface area contributed by atoms with Crippen LogP contribution in [-0.4, -0.2) is 33.6 Å². The van der Waals surface area contributed by atoms with Crippen molar-refractivity contribution in [2.24, 2.45) is 0 Å². The van der Waals surface area contributed by atoms with Crippen LogP contribution in [0, 0.1) is 6.92 Å². The number of nitrogens with zero attached hydrogens (tertiary/aromatic N) is 3. The average Bonchev–Trinajstić information content (AvgIpc) is 3.16. The molecular formula is C19H16F3N5O2S. The number of aromatic nitrogens is 3. The molecule has 0 aliphatic heterocycles. The lowest BCUT2D eigenvalue weighted by Gasteiger charge is -2.10. The molecule has 1 aromatic carbocycles. The van der Waals surface area contributed by atoms with Gasteiger partial charge in [0, 0.05) is 24.6 Å². The Balaban J connectivity index is 1.76. The second-order valence-corrected chi connectivity index (χ2v) is 7.40. The first-order valence-electron chi connectivity index (χ1n) is 8.67. The van der Waals surface area contributed by atoms with Gasteiger partial charge in [0.25, 0.3) is 0 Å². The largest absolute Gasteiger partial charge is 0.433 e. The third-order valence-corrected chi connectivity index (χ3v) is 4.87. The minimum Gasteiger partial charge on any atom is -0.324 e. The molecule has 0 saturated carbocycles. The van der Waals surface area contributed by atoms with E-state index in [9.17, 15) is 22.8 Å². The fourth-order valence-electron chi connectivity index (χ4n) is 2.56. The second-order valence-electron chi connectivity index (χ2n) is 6.28. The van der Waals surface area contributed by atoms with Gasteiger partial charge >= 0.3 is 6.18 Å². The van der Waals surface area contributed by atoms with Crippen molar-refractivity contribution in [3.63, 3.8) is 0 Å². The minimum atomic E-state index is -4.56. The molecule has 7 nitrogen and oxygen atoms in total. The van der Waals surface area contributed by atoms with Crippen LogP contribution in [-0.2, 0) is 22.3 Å². The van der Waals surface area contributed by atoms with Crippen molar-refractivity contribution < 1.29 is 22.8 Å². The molecule has 0 atom stereocenters. The maximum Gasteiger partial charge on any atom is 0.433 e. The van der Waals surface area contributed by atoms with Crippen molar-refractivity contribution in [3.8, 4) is 10.4 Å². The number of thiazole rings is 1. The molecule has 0 aliphatic carbocycles. The van der Waals surface area contributed by atoms with Crippen molar-refractivity contribution >= 4 is 35.0 Å². The van der Waals surface area contributed by atoms with Crippen LogP contribution in [0.2, 0.25) is 0 Å². The van der Waals surface area contributed by atoms with Gasteiger partial charge in [0.15, 0.2) is 6.29 Å². The highest BCUT2D eigenvalue weighted by Crippen LogP contribution is 2.31. The normalized spacial score (nSPS) is 11.3. The van der Waals surface area contributed by atoms with Crippen molar-refractivity contribution in [2.75, 3.05) is 11.9 Å². The average molecular weight is 435 g/mol. The van der Waals surface area contributed by atoms with Crippen LogP contribution in [0.15, 0.2) is 36.7 Å². The Hall–Kier alpha value is -3.18. The number of hydrogen-bond donors (Lipinski definition) is 2. The highest BCUT2D eigenvalue weighted by molar-refractivity contribution is 7.15. The van der Waals surface area contributed by atoms with Gasteiger partial charge in [-0.3, -0.25) is 9.59 Å². The van der Waals surface area contributed by atoms with Crippen LogP contribution in [0.5, 0.6) is 0 Å². The molecule has 0 bridgehead atoms. The number of nitrogens with one attached hydrogen (secondary N) is 2. The molecule has 0 amide bonds. The Morgan fingerprint density at radius 3 is 2.77 bits per heavy atom. The second kappa shape index (κ2) is 9.09. The monoisotopic (exact) mass is 435 g/mol. The molecule has 0 radical (unpaired) electrons. The summed E-state index contributed by atoms with van der Waals surface area (Å²) in [6.45, 7) is 2.13. The van der Waals surface area contributed by atoms with Gasteiger partial charge in [0.05, 0.1) is 11.4 Å². The van der Waals surface area contributed by atoms with Gasteiger partial charge in [-0.1, -0.05) is 6.07 Å². The molecule has 0 spiro atoms. The summed E-state index contributed by atoms with van der Waals surface area (Å²) in [5, 5.41) is 6.37. The van der Waals surface area contributed by atoms with E-state index in [0.29, 0.717) is 12.2 Å². The van der Waals surface area contributed by atoms with E-state index >= 15 is 0 Å². The number of alkyl halides is 3. The highest BCUT2D eigenvalue weighted by atomic mass is 32.1. The SMILES string of the molecule is Cc1cc(Nc2nccc(C(F)(F)F)n2)cc(-c2cnc(CNCC(=O)C=O)s2)c1. The number of Topliss-reactive ketones (excluding diaryl/α,β-unsaturated/α-hetero) is 1. The lowest BCUT2D eigenvalue weighted by Crippen LogP contribution is -2.22. The molecule has 2 N–H and O–H groups in total. The van der Waals surface area contributed by atoms with Crippen LogP contribution >= 0.6 is 11.3 Å². The number of carbonyl (C=O) groups excluding carboxylic acids is 2. The summed E-state index contributed by atoms with van der Waals surface area (Å²) in [6.07, 6.45) is -1.58. The van der Waals surface area contributed by atoms with Crippen LogP contribution in [0.3, 0.4) is 0 Å². The Labute approximate surface area is 173 Å². The van der Waals surface area contributed by atoms with Crippen LogP contribution in [0.1, 0.15) is 16.3 Å². The molecule has 3 aromatic rings. The quantitative estimate of drug-likeness (QED) is 0.413. The van der Waals surface area contributed by atoms with Gasteiger partial charge in [-0.15, -0.1) is 11.3 Å². The number of benzene rings is 1. The molecule has 0 fully saturated rings. The predicted molar refractivity (Wildman–Crippen MR) is 105 cm³/mol. The summed E-state index contributed by atoms with van der Waals surface area (Å²) >= 11 is 1.39.